The van der Waals surface area contributed by atoms with Crippen LogP contribution in [0, 0.1) is 0 Å². The molecule has 0 amide bonds. The molecule has 0 saturated carbocycles. The van der Waals surface area contributed by atoms with Crippen LogP contribution in [0.1, 0.15) is 25.2 Å². The molecule has 0 atom stereocenters. The Balaban J connectivity index is 2.09. The Hall–Kier alpha value is -2.04. The number of anilines is 2. The number of nitrogens with two attached hydrogens (primary N) is 1. The number of para-hydroxylation sites is 1. The van der Waals surface area contributed by atoms with Crippen molar-refractivity contribution < 1.29 is 0 Å². The van der Waals surface area contributed by atoms with Gasteiger partial charge in [-0.25, -0.2) is 0 Å². The highest BCUT2D eigenvalue weighted by atomic mass is 15.3. The van der Waals surface area contributed by atoms with Crippen molar-refractivity contribution in [2.75, 3.05) is 17.6 Å². The third-order valence-corrected chi connectivity index (χ3v) is 3.15. The van der Waals surface area contributed by atoms with Gasteiger partial charge in [0.05, 0.1) is 0 Å². The Morgan fingerprint density at radius 2 is 1.95 bits per heavy atom. The summed E-state index contributed by atoms with van der Waals surface area (Å²) in [4.78, 5) is 0. The van der Waals surface area contributed by atoms with Gasteiger partial charge in [0.15, 0.2) is 0 Å². The van der Waals surface area contributed by atoms with Crippen molar-refractivity contribution in [2.45, 2.75) is 33.2 Å². The number of aromatic nitrogens is 3. The van der Waals surface area contributed by atoms with Crippen LogP contribution in [0.15, 0.2) is 24.3 Å². The molecule has 19 heavy (non-hydrogen) atoms. The van der Waals surface area contributed by atoms with Gasteiger partial charge in [-0.3, -0.25) is 4.57 Å². The first-order chi connectivity index (χ1) is 9.26. The Morgan fingerprint density at radius 1 is 1.16 bits per heavy atom. The highest BCUT2D eigenvalue weighted by Gasteiger charge is 2.10. The number of rotatable bonds is 6. The molecule has 0 aliphatic carbocycles. The molecule has 1 aromatic carbocycles. The van der Waals surface area contributed by atoms with Crippen molar-refractivity contribution in [1.29, 1.82) is 0 Å². The van der Waals surface area contributed by atoms with E-state index in [9.17, 15) is 0 Å². The van der Waals surface area contributed by atoms with Crippen molar-refractivity contribution in [3.05, 3.63) is 35.7 Å². The van der Waals surface area contributed by atoms with Gasteiger partial charge >= 0.3 is 0 Å². The topological polar surface area (TPSA) is 68.8 Å². The fourth-order valence-electron chi connectivity index (χ4n) is 2.15. The largest absolute Gasteiger partial charge is 0.399 e. The summed E-state index contributed by atoms with van der Waals surface area (Å²) in [5.41, 5.74) is 7.96. The van der Waals surface area contributed by atoms with Crippen LogP contribution in [-0.4, -0.2) is 21.3 Å². The maximum atomic E-state index is 5.95. The Bertz CT molecular complexity index is 532. The van der Waals surface area contributed by atoms with Crippen molar-refractivity contribution in [2.24, 2.45) is 0 Å². The Labute approximate surface area is 113 Å². The van der Waals surface area contributed by atoms with E-state index in [4.69, 9.17) is 5.73 Å². The van der Waals surface area contributed by atoms with Crippen molar-refractivity contribution in [1.82, 2.24) is 14.8 Å². The lowest BCUT2D eigenvalue weighted by molar-refractivity contribution is 0.693. The van der Waals surface area contributed by atoms with Crippen LogP contribution in [0.25, 0.3) is 0 Å². The molecule has 0 unspecified atom stereocenters. The second-order valence-corrected chi connectivity index (χ2v) is 4.41. The molecule has 0 spiro atoms. The van der Waals surface area contributed by atoms with Crippen LogP contribution < -0.4 is 11.1 Å². The Morgan fingerprint density at radius 3 is 2.63 bits per heavy atom. The van der Waals surface area contributed by atoms with Gasteiger partial charge in [-0.05, 0) is 31.9 Å². The number of hydrogen-bond donors (Lipinski definition) is 2. The van der Waals surface area contributed by atoms with Gasteiger partial charge in [-0.1, -0.05) is 18.2 Å². The molecule has 0 aliphatic heterocycles. The molecule has 5 heteroatoms. The fraction of sp³-hybridized carbons (Fsp3) is 0.429. The molecule has 0 radical (unpaired) electrons. The van der Waals surface area contributed by atoms with E-state index in [1.165, 1.54) is 0 Å². The predicted octanol–water partition coefficient (Wildman–Crippen LogP) is 2.10. The van der Waals surface area contributed by atoms with Gasteiger partial charge in [-0.15, -0.1) is 10.2 Å². The molecule has 2 rings (SSSR count). The van der Waals surface area contributed by atoms with Gasteiger partial charge in [0, 0.05) is 25.2 Å². The van der Waals surface area contributed by atoms with Crippen LogP contribution in [0.5, 0.6) is 0 Å². The first-order valence-corrected chi connectivity index (χ1v) is 6.75. The van der Waals surface area contributed by atoms with Gasteiger partial charge in [0.2, 0.25) is 5.95 Å². The van der Waals surface area contributed by atoms with Crippen molar-refractivity contribution in [3.63, 3.8) is 0 Å². The summed E-state index contributed by atoms with van der Waals surface area (Å²) in [6.45, 7) is 5.88. The summed E-state index contributed by atoms with van der Waals surface area (Å²) in [6.07, 6.45) is 1.73. The second-order valence-electron chi connectivity index (χ2n) is 4.41. The molecule has 3 N–H and O–H groups in total. The normalized spacial score (nSPS) is 10.6. The molecule has 0 fully saturated rings. The summed E-state index contributed by atoms with van der Waals surface area (Å²) in [6, 6.07) is 7.97. The zero-order valence-electron chi connectivity index (χ0n) is 11.6. The number of benzene rings is 1. The van der Waals surface area contributed by atoms with Gasteiger partial charge < -0.3 is 11.1 Å². The SMILES string of the molecule is CCNc1nnc(CCc2ccccc2N)n1CC. The smallest absolute Gasteiger partial charge is 0.224 e. The molecular weight excluding hydrogens is 238 g/mol. The lowest BCUT2D eigenvalue weighted by Gasteiger charge is -2.08. The monoisotopic (exact) mass is 259 g/mol. The molecule has 2 aromatic rings. The van der Waals surface area contributed by atoms with E-state index in [-0.39, 0.29) is 0 Å². The maximum Gasteiger partial charge on any atom is 0.224 e. The minimum Gasteiger partial charge on any atom is -0.399 e. The lowest BCUT2D eigenvalue weighted by Crippen LogP contribution is -2.09. The van der Waals surface area contributed by atoms with E-state index in [0.29, 0.717) is 0 Å². The average molecular weight is 259 g/mol. The molecule has 1 heterocycles. The third kappa shape index (κ3) is 3.05. The summed E-state index contributed by atoms with van der Waals surface area (Å²) < 4.78 is 2.11. The molecule has 0 aliphatic rings. The number of aryl methyl sites for hydroxylation is 2. The van der Waals surface area contributed by atoms with Gasteiger partial charge in [0.1, 0.15) is 5.82 Å². The standard InChI is InChI=1S/C14H21N5/c1-3-16-14-18-17-13(19(14)4-2)10-9-11-7-5-6-8-12(11)15/h5-8H,3-4,9-10,15H2,1-2H3,(H,16,18). The van der Waals surface area contributed by atoms with E-state index in [2.05, 4.69) is 40.0 Å². The van der Waals surface area contributed by atoms with Crippen LogP contribution in [0.3, 0.4) is 0 Å². The van der Waals surface area contributed by atoms with Crippen LogP contribution in [-0.2, 0) is 19.4 Å². The molecule has 1 aromatic heterocycles. The van der Waals surface area contributed by atoms with Gasteiger partial charge in [0.25, 0.3) is 0 Å². The van der Waals surface area contributed by atoms with Crippen molar-refractivity contribution >= 4 is 11.6 Å². The highest BCUT2D eigenvalue weighted by molar-refractivity contribution is 5.46. The highest BCUT2D eigenvalue weighted by Crippen LogP contribution is 2.15. The molecular formula is C14H21N5. The number of nitrogens with one attached hydrogen (secondary N) is 1. The second kappa shape index (κ2) is 6.22. The Kier molecular flexibility index (Phi) is 4.39. The minimum atomic E-state index is 0.844. The average Bonchev–Trinajstić information content (AvgIpc) is 2.80. The summed E-state index contributed by atoms with van der Waals surface area (Å²) in [5, 5.41) is 11.7. The van der Waals surface area contributed by atoms with E-state index < -0.39 is 0 Å². The van der Waals surface area contributed by atoms with E-state index in [0.717, 1.165) is 49.0 Å². The van der Waals surface area contributed by atoms with E-state index >= 15 is 0 Å². The molecule has 102 valence electrons. The van der Waals surface area contributed by atoms with Crippen LogP contribution >= 0.6 is 0 Å². The lowest BCUT2D eigenvalue weighted by atomic mass is 10.1. The molecule has 5 nitrogen and oxygen atoms in total. The van der Waals surface area contributed by atoms with Gasteiger partial charge in [-0.2, -0.15) is 0 Å². The maximum absolute atomic E-state index is 5.95. The molecule has 0 bridgehead atoms. The fourth-order valence-corrected chi connectivity index (χ4v) is 2.15. The van der Waals surface area contributed by atoms with Crippen LogP contribution in [0.4, 0.5) is 11.6 Å². The van der Waals surface area contributed by atoms with E-state index in [1.807, 2.05) is 18.2 Å². The third-order valence-electron chi connectivity index (χ3n) is 3.15. The number of hydrogen-bond acceptors (Lipinski definition) is 4. The first-order valence-electron chi connectivity index (χ1n) is 6.75. The summed E-state index contributed by atoms with van der Waals surface area (Å²) in [7, 11) is 0. The first kappa shape index (κ1) is 13.4. The molecule has 0 saturated heterocycles. The summed E-state index contributed by atoms with van der Waals surface area (Å²) in [5.74, 6) is 1.85. The number of nitrogens with zero attached hydrogens (tertiary/aromatic N) is 3. The minimum absolute atomic E-state index is 0.844. The van der Waals surface area contributed by atoms with Crippen molar-refractivity contribution in [3.8, 4) is 0 Å². The zero-order valence-corrected chi connectivity index (χ0v) is 11.6. The van der Waals surface area contributed by atoms with E-state index in [1.54, 1.807) is 0 Å². The predicted molar refractivity (Wildman–Crippen MR) is 78.1 cm³/mol. The quantitative estimate of drug-likeness (QED) is 0.779. The van der Waals surface area contributed by atoms with Crippen LogP contribution in [0.2, 0.25) is 0 Å². The zero-order chi connectivity index (χ0) is 13.7. The summed E-state index contributed by atoms with van der Waals surface area (Å²) >= 11 is 0. The number of nitrogen functional groups attached to an aromatic ring is 1.